The Bertz CT molecular complexity index is 247. The van der Waals surface area contributed by atoms with Crippen molar-refractivity contribution in [2.45, 2.75) is 32.7 Å². The molecule has 1 aromatic heterocycles. The van der Waals surface area contributed by atoms with Crippen molar-refractivity contribution < 1.29 is 0 Å². The van der Waals surface area contributed by atoms with Crippen LogP contribution in [0.25, 0.3) is 0 Å². The van der Waals surface area contributed by atoms with E-state index >= 15 is 0 Å². The molecule has 0 saturated carbocycles. The Kier molecular flexibility index (Phi) is 2.42. The number of aromatic nitrogens is 4. The van der Waals surface area contributed by atoms with Crippen molar-refractivity contribution in [1.82, 2.24) is 20.2 Å². The molecule has 1 aromatic rings. The standard InChI is InChI=1S/C7H15N5/c1-7(2,3)12-10-6(4-5-8)9-11-12/h4-5,8H2,1-3H3. The van der Waals surface area contributed by atoms with Gasteiger partial charge in [0.2, 0.25) is 0 Å². The second kappa shape index (κ2) is 3.18. The van der Waals surface area contributed by atoms with E-state index in [1.54, 1.807) is 4.80 Å². The zero-order valence-corrected chi connectivity index (χ0v) is 7.78. The van der Waals surface area contributed by atoms with Crippen LogP contribution >= 0.6 is 0 Å². The number of nitrogens with zero attached hydrogens (tertiary/aromatic N) is 4. The first-order valence-electron chi connectivity index (χ1n) is 4.03. The highest BCUT2D eigenvalue weighted by atomic mass is 15.6. The fourth-order valence-electron chi connectivity index (χ4n) is 0.757. The van der Waals surface area contributed by atoms with Crippen molar-refractivity contribution in [1.29, 1.82) is 0 Å². The van der Waals surface area contributed by atoms with E-state index in [1.807, 2.05) is 20.8 Å². The molecule has 1 rings (SSSR count). The highest BCUT2D eigenvalue weighted by molar-refractivity contribution is 4.79. The third-order valence-corrected chi connectivity index (χ3v) is 1.42. The van der Waals surface area contributed by atoms with Crippen molar-refractivity contribution in [3.63, 3.8) is 0 Å². The molecule has 68 valence electrons. The Balaban J connectivity index is 2.77. The number of hydrogen-bond donors (Lipinski definition) is 1. The highest BCUT2D eigenvalue weighted by Gasteiger charge is 2.16. The summed E-state index contributed by atoms with van der Waals surface area (Å²) in [5.41, 5.74) is 5.26. The van der Waals surface area contributed by atoms with Gasteiger partial charge in [-0.1, -0.05) is 0 Å². The third-order valence-electron chi connectivity index (χ3n) is 1.42. The van der Waals surface area contributed by atoms with Crippen LogP contribution in [-0.4, -0.2) is 26.8 Å². The molecule has 0 fully saturated rings. The third kappa shape index (κ3) is 2.01. The van der Waals surface area contributed by atoms with Crippen molar-refractivity contribution >= 4 is 0 Å². The molecule has 2 N–H and O–H groups in total. The van der Waals surface area contributed by atoms with Gasteiger partial charge in [-0.15, -0.1) is 10.2 Å². The molecule has 0 amide bonds. The fourth-order valence-corrected chi connectivity index (χ4v) is 0.757. The van der Waals surface area contributed by atoms with Gasteiger partial charge in [-0.25, -0.2) is 0 Å². The van der Waals surface area contributed by atoms with Gasteiger partial charge in [0, 0.05) is 6.42 Å². The molecule has 0 radical (unpaired) electrons. The minimum atomic E-state index is -0.0974. The summed E-state index contributed by atoms with van der Waals surface area (Å²) < 4.78 is 0. The second-order valence-electron chi connectivity index (χ2n) is 3.70. The molecular formula is C7H15N5. The van der Waals surface area contributed by atoms with E-state index < -0.39 is 0 Å². The van der Waals surface area contributed by atoms with E-state index in [1.165, 1.54) is 0 Å². The lowest BCUT2D eigenvalue weighted by molar-refractivity contribution is 0.305. The first kappa shape index (κ1) is 9.12. The first-order valence-corrected chi connectivity index (χ1v) is 4.03. The monoisotopic (exact) mass is 169 g/mol. The predicted octanol–water partition coefficient (Wildman–Crippen LogP) is -0.0707. The molecule has 1 heterocycles. The van der Waals surface area contributed by atoms with E-state index in [2.05, 4.69) is 15.4 Å². The van der Waals surface area contributed by atoms with Crippen LogP contribution in [0.3, 0.4) is 0 Å². The Morgan fingerprint density at radius 1 is 1.42 bits per heavy atom. The quantitative estimate of drug-likeness (QED) is 0.672. The first-order chi connectivity index (χ1) is 5.54. The highest BCUT2D eigenvalue weighted by Crippen LogP contribution is 2.08. The Hall–Kier alpha value is -0.970. The topological polar surface area (TPSA) is 69.6 Å². The summed E-state index contributed by atoms with van der Waals surface area (Å²) in [6.07, 6.45) is 0.691. The lowest BCUT2D eigenvalue weighted by Crippen LogP contribution is -2.24. The summed E-state index contributed by atoms with van der Waals surface area (Å²) in [7, 11) is 0. The van der Waals surface area contributed by atoms with E-state index in [0.717, 1.165) is 0 Å². The second-order valence-corrected chi connectivity index (χ2v) is 3.70. The lowest BCUT2D eigenvalue weighted by Gasteiger charge is -2.15. The van der Waals surface area contributed by atoms with Crippen LogP contribution in [0.2, 0.25) is 0 Å². The van der Waals surface area contributed by atoms with Crippen LogP contribution in [0.15, 0.2) is 0 Å². The number of nitrogens with two attached hydrogens (primary N) is 1. The van der Waals surface area contributed by atoms with Gasteiger partial charge in [0.05, 0.1) is 5.54 Å². The van der Waals surface area contributed by atoms with Gasteiger partial charge < -0.3 is 5.73 Å². The molecule has 5 nitrogen and oxygen atoms in total. The number of rotatable bonds is 2. The van der Waals surface area contributed by atoms with Crippen molar-refractivity contribution in [3.8, 4) is 0 Å². The van der Waals surface area contributed by atoms with Gasteiger partial charge >= 0.3 is 0 Å². The number of tetrazole rings is 1. The summed E-state index contributed by atoms with van der Waals surface area (Å²) in [5, 5.41) is 12.0. The summed E-state index contributed by atoms with van der Waals surface area (Å²) >= 11 is 0. The molecule has 0 atom stereocenters. The van der Waals surface area contributed by atoms with E-state index in [4.69, 9.17) is 5.73 Å². The Labute approximate surface area is 71.9 Å². The van der Waals surface area contributed by atoms with Crippen LogP contribution in [-0.2, 0) is 12.0 Å². The maximum absolute atomic E-state index is 5.36. The molecule has 0 spiro atoms. The van der Waals surface area contributed by atoms with E-state index in [0.29, 0.717) is 18.8 Å². The number of hydrogen-bond acceptors (Lipinski definition) is 4. The van der Waals surface area contributed by atoms with Crippen LogP contribution in [0, 0.1) is 0 Å². The summed E-state index contributed by atoms with van der Waals surface area (Å²) in [5.74, 6) is 0.715. The molecule has 0 saturated heterocycles. The average Bonchev–Trinajstić information content (AvgIpc) is 2.35. The zero-order chi connectivity index (χ0) is 9.19. The van der Waals surface area contributed by atoms with Gasteiger partial charge in [-0.3, -0.25) is 0 Å². The molecule has 0 aliphatic rings. The van der Waals surface area contributed by atoms with Gasteiger partial charge in [0.1, 0.15) is 0 Å². The molecule has 12 heavy (non-hydrogen) atoms. The molecule has 0 aliphatic heterocycles. The van der Waals surface area contributed by atoms with Gasteiger partial charge in [0.25, 0.3) is 0 Å². The maximum Gasteiger partial charge on any atom is 0.176 e. The van der Waals surface area contributed by atoms with E-state index in [-0.39, 0.29) is 5.54 Å². The Morgan fingerprint density at radius 2 is 2.08 bits per heavy atom. The van der Waals surface area contributed by atoms with Crippen molar-refractivity contribution in [3.05, 3.63) is 5.82 Å². The van der Waals surface area contributed by atoms with E-state index in [9.17, 15) is 0 Å². The lowest BCUT2D eigenvalue weighted by atomic mass is 10.1. The SMILES string of the molecule is CC(C)(C)n1nnc(CCN)n1. The maximum atomic E-state index is 5.36. The summed E-state index contributed by atoms with van der Waals surface area (Å²) in [6.45, 7) is 6.65. The molecule has 0 bridgehead atoms. The van der Waals surface area contributed by atoms with Gasteiger partial charge in [-0.2, -0.15) is 4.80 Å². The smallest absolute Gasteiger partial charge is 0.176 e. The largest absolute Gasteiger partial charge is 0.330 e. The molecular weight excluding hydrogens is 154 g/mol. The van der Waals surface area contributed by atoms with Crippen LogP contribution in [0.4, 0.5) is 0 Å². The van der Waals surface area contributed by atoms with Crippen molar-refractivity contribution in [2.75, 3.05) is 6.54 Å². The van der Waals surface area contributed by atoms with Crippen LogP contribution in [0.1, 0.15) is 26.6 Å². The summed E-state index contributed by atoms with van der Waals surface area (Å²) in [4.78, 5) is 1.61. The van der Waals surface area contributed by atoms with Crippen LogP contribution in [0.5, 0.6) is 0 Å². The Morgan fingerprint density at radius 3 is 2.50 bits per heavy atom. The minimum absolute atomic E-state index is 0.0974. The van der Waals surface area contributed by atoms with Crippen molar-refractivity contribution in [2.24, 2.45) is 5.73 Å². The average molecular weight is 169 g/mol. The zero-order valence-electron chi connectivity index (χ0n) is 7.78. The van der Waals surface area contributed by atoms with Crippen LogP contribution < -0.4 is 5.73 Å². The normalized spacial score (nSPS) is 12.0. The molecule has 0 unspecified atom stereocenters. The molecule has 0 aliphatic carbocycles. The van der Waals surface area contributed by atoms with Gasteiger partial charge in [-0.05, 0) is 32.5 Å². The predicted molar refractivity (Wildman–Crippen MR) is 45.6 cm³/mol. The van der Waals surface area contributed by atoms with Gasteiger partial charge in [0.15, 0.2) is 5.82 Å². The summed E-state index contributed by atoms with van der Waals surface area (Å²) in [6, 6.07) is 0. The minimum Gasteiger partial charge on any atom is -0.330 e. The fraction of sp³-hybridized carbons (Fsp3) is 0.857. The molecule has 5 heteroatoms. The molecule has 0 aromatic carbocycles.